The van der Waals surface area contributed by atoms with Crippen LogP contribution >= 0.6 is 0 Å². The Morgan fingerprint density at radius 3 is 2.60 bits per heavy atom. The third-order valence-electron chi connectivity index (χ3n) is 2.59. The van der Waals surface area contributed by atoms with Gasteiger partial charge in [0, 0.05) is 19.2 Å². The van der Waals surface area contributed by atoms with Crippen LogP contribution in [0, 0.1) is 5.92 Å². The molecule has 0 unspecified atom stereocenters. The zero-order valence-electron chi connectivity index (χ0n) is 12.6. The molecule has 1 aromatic carbocycles. The van der Waals surface area contributed by atoms with Gasteiger partial charge in [0.05, 0.1) is 20.3 Å². The zero-order valence-corrected chi connectivity index (χ0v) is 12.6. The van der Waals surface area contributed by atoms with E-state index < -0.39 is 0 Å². The van der Waals surface area contributed by atoms with E-state index in [1.54, 1.807) is 32.4 Å². The monoisotopic (exact) mass is 281 g/mol. The van der Waals surface area contributed by atoms with Crippen LogP contribution in [0.5, 0.6) is 11.5 Å². The van der Waals surface area contributed by atoms with E-state index in [1.807, 2.05) is 0 Å². The summed E-state index contributed by atoms with van der Waals surface area (Å²) in [6.07, 6.45) is 0. The molecule has 20 heavy (non-hydrogen) atoms. The highest BCUT2D eigenvalue weighted by Crippen LogP contribution is 2.28. The minimum atomic E-state index is -0.157. The second kappa shape index (κ2) is 8.43. The van der Waals surface area contributed by atoms with Gasteiger partial charge in [-0.25, -0.2) is 0 Å². The Bertz CT molecular complexity index is 432. The van der Waals surface area contributed by atoms with Gasteiger partial charge >= 0.3 is 0 Å². The summed E-state index contributed by atoms with van der Waals surface area (Å²) in [4.78, 5) is 11.9. The summed E-state index contributed by atoms with van der Waals surface area (Å²) in [5.74, 6) is 1.48. The number of nitrogens with one attached hydrogen (secondary N) is 1. The number of carbonyl (C=O) groups excluding carboxylic acids is 1. The number of methoxy groups -OCH3 is 2. The van der Waals surface area contributed by atoms with Gasteiger partial charge in [0.2, 0.25) is 0 Å². The molecule has 0 saturated carbocycles. The van der Waals surface area contributed by atoms with Crippen LogP contribution in [0.4, 0.5) is 0 Å². The Balaban J connectivity index is 2.73. The smallest absolute Gasteiger partial charge is 0.251 e. The van der Waals surface area contributed by atoms with Crippen molar-refractivity contribution in [3.05, 3.63) is 23.8 Å². The van der Waals surface area contributed by atoms with Crippen molar-refractivity contribution in [3.63, 3.8) is 0 Å². The molecule has 1 aromatic rings. The Kier molecular flexibility index (Phi) is 6.87. The van der Waals surface area contributed by atoms with Crippen LogP contribution in [0.15, 0.2) is 18.2 Å². The summed E-state index contributed by atoms with van der Waals surface area (Å²) < 4.78 is 15.8. The standard InChI is InChI=1S/C15H23NO4/c1-11(2)10-20-13-6-5-12(9-14(13)19-4)15(17)16-7-8-18-3/h5-6,9,11H,7-8,10H2,1-4H3,(H,16,17). The predicted molar refractivity (Wildman–Crippen MR) is 77.5 cm³/mol. The molecule has 0 spiro atoms. The summed E-state index contributed by atoms with van der Waals surface area (Å²) in [6, 6.07) is 5.16. The number of hydrogen-bond donors (Lipinski definition) is 1. The molecule has 0 aromatic heterocycles. The van der Waals surface area contributed by atoms with Crippen LogP contribution in [-0.2, 0) is 4.74 Å². The van der Waals surface area contributed by atoms with E-state index in [-0.39, 0.29) is 5.91 Å². The van der Waals surface area contributed by atoms with Crippen molar-refractivity contribution < 1.29 is 19.0 Å². The molecule has 0 heterocycles. The van der Waals surface area contributed by atoms with Crippen LogP contribution in [-0.4, -0.2) is 39.9 Å². The number of rotatable bonds is 8. The fourth-order valence-corrected chi connectivity index (χ4v) is 1.55. The fraction of sp³-hybridized carbons (Fsp3) is 0.533. The van der Waals surface area contributed by atoms with E-state index in [0.717, 1.165) is 0 Å². The summed E-state index contributed by atoms with van der Waals surface area (Å²) in [7, 11) is 3.15. The van der Waals surface area contributed by atoms with Crippen LogP contribution in [0.1, 0.15) is 24.2 Å². The van der Waals surface area contributed by atoms with Gasteiger partial charge in [0.1, 0.15) is 0 Å². The van der Waals surface area contributed by atoms with Crippen molar-refractivity contribution in [1.82, 2.24) is 5.32 Å². The molecule has 0 saturated heterocycles. The van der Waals surface area contributed by atoms with Gasteiger partial charge in [0.15, 0.2) is 11.5 Å². The molecule has 0 aliphatic rings. The number of carbonyl (C=O) groups is 1. The minimum absolute atomic E-state index is 0.157. The lowest BCUT2D eigenvalue weighted by Crippen LogP contribution is -2.26. The molecule has 0 aliphatic heterocycles. The highest BCUT2D eigenvalue weighted by Gasteiger charge is 2.11. The molecule has 1 rings (SSSR count). The van der Waals surface area contributed by atoms with Crippen molar-refractivity contribution in [1.29, 1.82) is 0 Å². The van der Waals surface area contributed by atoms with Gasteiger partial charge in [0.25, 0.3) is 5.91 Å². The fourth-order valence-electron chi connectivity index (χ4n) is 1.55. The van der Waals surface area contributed by atoms with Crippen molar-refractivity contribution in [2.24, 2.45) is 5.92 Å². The quantitative estimate of drug-likeness (QED) is 0.741. The molecule has 0 atom stereocenters. The lowest BCUT2D eigenvalue weighted by molar-refractivity contribution is 0.0936. The average Bonchev–Trinajstić information content (AvgIpc) is 2.44. The Hall–Kier alpha value is -1.75. The molecule has 5 heteroatoms. The highest BCUT2D eigenvalue weighted by molar-refractivity contribution is 5.94. The van der Waals surface area contributed by atoms with Crippen LogP contribution in [0.25, 0.3) is 0 Å². The van der Waals surface area contributed by atoms with Gasteiger partial charge < -0.3 is 19.5 Å². The normalized spacial score (nSPS) is 10.4. The minimum Gasteiger partial charge on any atom is -0.493 e. The van der Waals surface area contributed by atoms with Crippen LogP contribution in [0.2, 0.25) is 0 Å². The molecule has 0 radical (unpaired) electrons. The Morgan fingerprint density at radius 2 is 2.00 bits per heavy atom. The number of amides is 1. The zero-order chi connectivity index (χ0) is 15.0. The lowest BCUT2D eigenvalue weighted by atomic mass is 10.2. The van der Waals surface area contributed by atoms with E-state index in [1.165, 1.54) is 0 Å². The molecular weight excluding hydrogens is 258 g/mol. The first-order valence-corrected chi connectivity index (χ1v) is 6.66. The molecule has 1 N–H and O–H groups in total. The van der Waals surface area contributed by atoms with E-state index in [9.17, 15) is 4.79 Å². The van der Waals surface area contributed by atoms with Gasteiger partial charge in [-0.05, 0) is 24.1 Å². The molecule has 0 bridgehead atoms. The summed E-state index contributed by atoms with van der Waals surface area (Å²) >= 11 is 0. The Morgan fingerprint density at radius 1 is 1.25 bits per heavy atom. The molecule has 1 amide bonds. The summed E-state index contributed by atoms with van der Waals surface area (Å²) in [5.41, 5.74) is 0.537. The van der Waals surface area contributed by atoms with Crippen LogP contribution in [0.3, 0.4) is 0 Å². The maximum Gasteiger partial charge on any atom is 0.251 e. The molecule has 5 nitrogen and oxygen atoms in total. The van der Waals surface area contributed by atoms with Crippen LogP contribution < -0.4 is 14.8 Å². The molecule has 112 valence electrons. The van der Waals surface area contributed by atoms with E-state index in [4.69, 9.17) is 14.2 Å². The number of benzene rings is 1. The first-order chi connectivity index (χ1) is 9.58. The Labute approximate surface area is 120 Å². The number of ether oxygens (including phenoxy) is 3. The first kappa shape index (κ1) is 16.3. The summed E-state index contributed by atoms with van der Waals surface area (Å²) in [6.45, 7) is 5.71. The average molecular weight is 281 g/mol. The van der Waals surface area contributed by atoms with Gasteiger partial charge in [-0.2, -0.15) is 0 Å². The van der Waals surface area contributed by atoms with Crippen molar-refractivity contribution in [2.75, 3.05) is 34.0 Å². The SMILES string of the molecule is COCCNC(=O)c1ccc(OCC(C)C)c(OC)c1. The van der Waals surface area contributed by atoms with Gasteiger partial charge in [-0.3, -0.25) is 4.79 Å². The van der Waals surface area contributed by atoms with Crippen molar-refractivity contribution >= 4 is 5.91 Å². The third kappa shape index (κ3) is 5.09. The topological polar surface area (TPSA) is 56.8 Å². The molecule has 0 fully saturated rings. The maximum absolute atomic E-state index is 11.9. The summed E-state index contributed by atoms with van der Waals surface area (Å²) in [5, 5.41) is 2.76. The third-order valence-corrected chi connectivity index (χ3v) is 2.59. The molecule has 0 aliphatic carbocycles. The molecular formula is C15H23NO4. The number of hydrogen-bond acceptors (Lipinski definition) is 4. The lowest BCUT2D eigenvalue weighted by Gasteiger charge is -2.13. The van der Waals surface area contributed by atoms with E-state index in [2.05, 4.69) is 19.2 Å². The highest BCUT2D eigenvalue weighted by atomic mass is 16.5. The largest absolute Gasteiger partial charge is 0.493 e. The van der Waals surface area contributed by atoms with Crippen molar-refractivity contribution in [3.8, 4) is 11.5 Å². The van der Waals surface area contributed by atoms with Gasteiger partial charge in [-0.15, -0.1) is 0 Å². The maximum atomic E-state index is 11.9. The van der Waals surface area contributed by atoms with Gasteiger partial charge in [-0.1, -0.05) is 13.8 Å². The predicted octanol–water partition coefficient (Wildman–Crippen LogP) is 2.11. The van der Waals surface area contributed by atoms with Crippen molar-refractivity contribution in [2.45, 2.75) is 13.8 Å². The van der Waals surface area contributed by atoms with E-state index in [0.29, 0.717) is 42.7 Å². The first-order valence-electron chi connectivity index (χ1n) is 6.66. The second-order valence-electron chi connectivity index (χ2n) is 4.82. The second-order valence-corrected chi connectivity index (χ2v) is 4.82. The van der Waals surface area contributed by atoms with E-state index >= 15 is 0 Å².